The van der Waals surface area contributed by atoms with Gasteiger partial charge in [0.15, 0.2) is 5.96 Å². The molecular weight excluding hydrogens is 365 g/mol. The summed E-state index contributed by atoms with van der Waals surface area (Å²) >= 11 is 0. The number of para-hydroxylation sites is 1. The van der Waals surface area contributed by atoms with Crippen molar-refractivity contribution in [2.45, 2.75) is 33.6 Å². The lowest BCUT2D eigenvalue weighted by Gasteiger charge is -2.15. The van der Waals surface area contributed by atoms with Crippen molar-refractivity contribution in [2.75, 3.05) is 18.5 Å². The lowest BCUT2D eigenvalue weighted by atomic mass is 10.0. The lowest BCUT2D eigenvalue weighted by Crippen LogP contribution is -2.25. The molecule has 0 saturated carbocycles. The molecule has 0 heterocycles. The Labute approximate surface area is 138 Å². The van der Waals surface area contributed by atoms with Crippen molar-refractivity contribution in [1.29, 1.82) is 0 Å². The minimum Gasteiger partial charge on any atom is -0.396 e. The smallest absolute Gasteiger partial charge is 0.193 e. The fourth-order valence-electron chi connectivity index (χ4n) is 1.88. The van der Waals surface area contributed by atoms with Crippen LogP contribution in [0.4, 0.5) is 5.69 Å². The van der Waals surface area contributed by atoms with Gasteiger partial charge in [-0.15, -0.1) is 24.0 Å². The van der Waals surface area contributed by atoms with Crippen molar-refractivity contribution in [3.63, 3.8) is 0 Å². The molecule has 0 amide bonds. The van der Waals surface area contributed by atoms with Gasteiger partial charge in [0.2, 0.25) is 0 Å². The van der Waals surface area contributed by atoms with Gasteiger partial charge in [0.1, 0.15) is 0 Å². The van der Waals surface area contributed by atoms with Crippen LogP contribution >= 0.6 is 24.0 Å². The molecule has 20 heavy (non-hydrogen) atoms. The van der Waals surface area contributed by atoms with E-state index in [0.717, 1.165) is 18.5 Å². The Morgan fingerprint density at radius 2 is 1.85 bits per heavy atom. The van der Waals surface area contributed by atoms with Crippen LogP contribution in [0.3, 0.4) is 0 Å². The van der Waals surface area contributed by atoms with Crippen molar-refractivity contribution in [1.82, 2.24) is 0 Å². The molecule has 114 valence electrons. The van der Waals surface area contributed by atoms with Gasteiger partial charge in [-0.3, -0.25) is 4.99 Å². The summed E-state index contributed by atoms with van der Waals surface area (Å²) in [6, 6.07) is 6.28. The van der Waals surface area contributed by atoms with E-state index in [0.29, 0.717) is 12.5 Å². The Bertz CT molecular complexity index is 413. The summed E-state index contributed by atoms with van der Waals surface area (Å²) in [5.41, 5.74) is 9.47. The molecule has 0 fully saturated rings. The quantitative estimate of drug-likeness (QED) is 0.397. The van der Waals surface area contributed by atoms with Gasteiger partial charge < -0.3 is 16.2 Å². The highest BCUT2D eigenvalue weighted by Gasteiger charge is 2.07. The predicted molar refractivity (Wildman–Crippen MR) is 97.0 cm³/mol. The minimum absolute atomic E-state index is 0. The molecule has 1 aromatic carbocycles. The van der Waals surface area contributed by atoms with E-state index in [4.69, 9.17) is 10.8 Å². The number of nitrogens with one attached hydrogen (secondary N) is 1. The maximum Gasteiger partial charge on any atom is 0.193 e. The summed E-state index contributed by atoms with van der Waals surface area (Å²) in [7, 11) is 0. The van der Waals surface area contributed by atoms with Gasteiger partial charge in [0.05, 0.1) is 0 Å². The normalized spacial score (nSPS) is 12.7. The zero-order chi connectivity index (χ0) is 14.3. The van der Waals surface area contributed by atoms with E-state index in [2.05, 4.69) is 42.4 Å². The van der Waals surface area contributed by atoms with Gasteiger partial charge in [-0.25, -0.2) is 0 Å². The zero-order valence-electron chi connectivity index (χ0n) is 12.5. The second kappa shape index (κ2) is 9.99. The summed E-state index contributed by atoms with van der Waals surface area (Å²) in [5.74, 6) is 0.545. The number of aliphatic imine (C=N–C) groups is 1. The molecule has 1 aromatic rings. The average Bonchev–Trinajstić information content (AvgIpc) is 2.44. The van der Waals surface area contributed by atoms with Gasteiger partial charge in [0.25, 0.3) is 0 Å². The summed E-state index contributed by atoms with van der Waals surface area (Å²) < 4.78 is 0. The van der Waals surface area contributed by atoms with Gasteiger partial charge in [-0.1, -0.05) is 39.0 Å². The molecule has 0 saturated heterocycles. The van der Waals surface area contributed by atoms with Crippen LogP contribution < -0.4 is 11.1 Å². The second-order valence-electron chi connectivity index (χ2n) is 4.80. The van der Waals surface area contributed by atoms with E-state index in [9.17, 15) is 0 Å². The molecule has 4 N–H and O–H groups in total. The first-order chi connectivity index (χ1) is 9.12. The zero-order valence-corrected chi connectivity index (χ0v) is 14.8. The number of aliphatic hydroxyl groups excluding tert-OH is 1. The highest BCUT2D eigenvalue weighted by atomic mass is 127. The molecule has 0 aliphatic heterocycles. The Morgan fingerprint density at radius 1 is 1.30 bits per heavy atom. The number of benzene rings is 1. The number of aliphatic hydroxyl groups is 1. The first-order valence-corrected chi connectivity index (χ1v) is 6.90. The van der Waals surface area contributed by atoms with Crippen molar-refractivity contribution in [2.24, 2.45) is 16.6 Å². The number of guanidine groups is 1. The average molecular weight is 391 g/mol. The van der Waals surface area contributed by atoms with Gasteiger partial charge in [0, 0.05) is 18.8 Å². The molecule has 0 aromatic heterocycles. The number of halogens is 1. The van der Waals surface area contributed by atoms with Crippen molar-refractivity contribution in [3.8, 4) is 0 Å². The van der Waals surface area contributed by atoms with E-state index in [1.807, 2.05) is 6.92 Å². The largest absolute Gasteiger partial charge is 0.396 e. The van der Waals surface area contributed by atoms with E-state index in [-0.39, 0.29) is 36.5 Å². The van der Waals surface area contributed by atoms with Crippen LogP contribution in [-0.4, -0.2) is 24.2 Å². The van der Waals surface area contributed by atoms with E-state index < -0.39 is 0 Å². The highest BCUT2D eigenvalue weighted by molar-refractivity contribution is 14.0. The van der Waals surface area contributed by atoms with Crippen LogP contribution in [0.25, 0.3) is 0 Å². The third-order valence-electron chi connectivity index (χ3n) is 3.14. The molecule has 0 bridgehead atoms. The van der Waals surface area contributed by atoms with Gasteiger partial charge in [-0.2, -0.15) is 0 Å². The van der Waals surface area contributed by atoms with Gasteiger partial charge >= 0.3 is 0 Å². The van der Waals surface area contributed by atoms with Crippen molar-refractivity contribution in [3.05, 3.63) is 29.3 Å². The number of hydrogen-bond acceptors (Lipinski definition) is 2. The Morgan fingerprint density at radius 3 is 2.30 bits per heavy atom. The summed E-state index contributed by atoms with van der Waals surface area (Å²) in [5, 5.41) is 12.2. The summed E-state index contributed by atoms with van der Waals surface area (Å²) in [6.45, 7) is 6.85. The number of anilines is 1. The van der Waals surface area contributed by atoms with Crippen LogP contribution in [0.2, 0.25) is 0 Å². The maximum atomic E-state index is 8.97. The Balaban J connectivity index is 0.00000361. The van der Waals surface area contributed by atoms with E-state index in [1.54, 1.807) is 0 Å². The topological polar surface area (TPSA) is 70.6 Å². The fraction of sp³-hybridized carbons (Fsp3) is 0.533. The molecular formula is C15H26IN3O. The van der Waals surface area contributed by atoms with E-state index >= 15 is 0 Å². The fourth-order valence-corrected chi connectivity index (χ4v) is 1.88. The number of nitrogens with zero attached hydrogens (tertiary/aromatic N) is 1. The predicted octanol–water partition coefficient (Wildman–Crippen LogP) is 2.78. The first kappa shape index (κ1) is 19.2. The number of hydrogen-bond donors (Lipinski definition) is 3. The van der Waals surface area contributed by atoms with Crippen molar-refractivity contribution < 1.29 is 5.11 Å². The van der Waals surface area contributed by atoms with Crippen LogP contribution in [0, 0.1) is 5.92 Å². The molecule has 4 nitrogen and oxygen atoms in total. The van der Waals surface area contributed by atoms with Crippen LogP contribution in [0.15, 0.2) is 23.2 Å². The molecule has 0 radical (unpaired) electrons. The number of aryl methyl sites for hydroxylation is 2. The SMILES string of the molecule is CCc1cccc(CC)c1NC(N)=NCC(C)CO.I. The molecule has 1 unspecified atom stereocenters. The van der Waals surface area contributed by atoms with Gasteiger partial charge in [-0.05, 0) is 29.9 Å². The van der Waals surface area contributed by atoms with Crippen LogP contribution in [0.1, 0.15) is 31.9 Å². The van der Waals surface area contributed by atoms with Crippen molar-refractivity contribution >= 4 is 35.6 Å². The Hall–Kier alpha value is -0.820. The summed E-state index contributed by atoms with van der Waals surface area (Å²) in [6.07, 6.45) is 1.91. The molecule has 0 aliphatic carbocycles. The maximum absolute atomic E-state index is 8.97. The first-order valence-electron chi connectivity index (χ1n) is 6.90. The standard InChI is InChI=1S/C15H25N3O.HI/c1-4-12-7-6-8-13(5-2)14(12)18-15(16)17-9-11(3)10-19;/h6-8,11,19H,4-5,9-10H2,1-3H3,(H3,16,17,18);1H. The molecule has 1 rings (SSSR count). The number of rotatable bonds is 6. The molecule has 5 heteroatoms. The third kappa shape index (κ3) is 5.66. The molecule has 0 aliphatic rings. The minimum atomic E-state index is 0. The number of nitrogens with two attached hydrogens (primary N) is 1. The molecule has 1 atom stereocenters. The molecule has 0 spiro atoms. The van der Waals surface area contributed by atoms with Crippen LogP contribution in [-0.2, 0) is 12.8 Å². The lowest BCUT2D eigenvalue weighted by molar-refractivity contribution is 0.242. The van der Waals surface area contributed by atoms with E-state index in [1.165, 1.54) is 11.1 Å². The Kier molecular flexibility index (Phi) is 9.58. The summed E-state index contributed by atoms with van der Waals surface area (Å²) in [4.78, 5) is 4.26. The van der Waals surface area contributed by atoms with Crippen LogP contribution in [0.5, 0.6) is 0 Å². The highest BCUT2D eigenvalue weighted by Crippen LogP contribution is 2.22. The second-order valence-corrected chi connectivity index (χ2v) is 4.80. The third-order valence-corrected chi connectivity index (χ3v) is 3.14. The monoisotopic (exact) mass is 391 g/mol.